The van der Waals surface area contributed by atoms with Gasteiger partial charge in [-0.3, -0.25) is 0 Å². The molecule has 3 aromatic rings. The highest BCUT2D eigenvalue weighted by molar-refractivity contribution is 6.00. The molecule has 0 aliphatic carbocycles. The smallest absolute Gasteiger partial charge is 0.339 e. The van der Waals surface area contributed by atoms with E-state index in [1.807, 2.05) is 51.1 Å². The van der Waals surface area contributed by atoms with Gasteiger partial charge in [0.25, 0.3) is 0 Å². The topological polar surface area (TPSA) is 44.8 Å². The Kier molecular flexibility index (Phi) is 5.52. The molecule has 0 bridgehead atoms. The number of fused-ring (bicyclic) bond motifs is 2. The second-order valence-electron chi connectivity index (χ2n) is 8.66. The second-order valence-corrected chi connectivity index (χ2v) is 8.66. The number of carbonyl (C=O) groups is 1. The largest absolute Gasteiger partial charge is 0.493 e. The number of methoxy groups -OCH3 is 1. The molecule has 0 radical (unpaired) electrons. The third-order valence-electron chi connectivity index (χ3n) is 5.33. The average Bonchev–Trinajstić information content (AvgIpc) is 2.75. The van der Waals surface area contributed by atoms with Crippen molar-refractivity contribution in [2.24, 2.45) is 0 Å². The summed E-state index contributed by atoms with van der Waals surface area (Å²) in [6, 6.07) is 18.5. The quantitative estimate of drug-likeness (QED) is 0.511. The summed E-state index contributed by atoms with van der Waals surface area (Å²) in [7, 11) is 1.40. The van der Waals surface area contributed by atoms with Crippen molar-refractivity contribution in [3.63, 3.8) is 0 Å². The van der Waals surface area contributed by atoms with E-state index in [0.717, 1.165) is 52.7 Å². The van der Waals surface area contributed by atoms with Crippen LogP contribution < -0.4 is 4.74 Å². The summed E-state index contributed by atoms with van der Waals surface area (Å²) in [5.41, 5.74) is 3.56. The number of hydrogen-bond acceptors (Lipinski definition) is 4. The molecule has 4 rings (SSSR count). The molecule has 1 aliphatic rings. The van der Waals surface area contributed by atoms with Crippen molar-refractivity contribution < 1.29 is 19.0 Å². The summed E-state index contributed by atoms with van der Waals surface area (Å²) in [6.07, 6.45) is 1.18. The van der Waals surface area contributed by atoms with E-state index in [1.165, 1.54) is 12.7 Å². The first-order valence-electron chi connectivity index (χ1n) is 10.4. The molecule has 0 N–H and O–H groups in total. The highest BCUT2D eigenvalue weighted by atomic mass is 16.6. The lowest BCUT2D eigenvalue weighted by Crippen LogP contribution is -2.28. The van der Waals surface area contributed by atoms with Gasteiger partial charge in [-0.1, -0.05) is 42.5 Å². The molecule has 30 heavy (non-hydrogen) atoms. The molecule has 0 aromatic heterocycles. The number of benzene rings is 3. The molecular weight excluding hydrogens is 376 g/mol. The summed E-state index contributed by atoms with van der Waals surface area (Å²) in [4.78, 5) is 12.8. The molecule has 4 nitrogen and oxygen atoms in total. The van der Waals surface area contributed by atoms with Gasteiger partial charge in [-0.2, -0.15) is 0 Å². The lowest BCUT2D eigenvalue weighted by Gasteiger charge is -2.28. The summed E-state index contributed by atoms with van der Waals surface area (Å²) in [5, 5.41) is 2.20. The lowest BCUT2D eigenvalue weighted by molar-refractivity contribution is -0.164. The number of carbonyl (C=O) groups excluding carboxylic acids is 1. The number of aryl methyl sites for hydroxylation is 1. The molecule has 156 valence electrons. The van der Waals surface area contributed by atoms with E-state index in [-0.39, 0.29) is 0 Å². The minimum absolute atomic E-state index is 0.400. The number of esters is 1. The first kappa shape index (κ1) is 20.4. The Morgan fingerprint density at radius 1 is 1.07 bits per heavy atom. The molecule has 3 aromatic carbocycles. The molecule has 0 amide bonds. The van der Waals surface area contributed by atoms with Gasteiger partial charge < -0.3 is 14.2 Å². The van der Waals surface area contributed by atoms with Crippen LogP contribution in [0, 0.1) is 0 Å². The van der Waals surface area contributed by atoms with E-state index in [0.29, 0.717) is 0 Å². The second kappa shape index (κ2) is 8.11. The molecular formula is C26H28O4. The zero-order valence-electron chi connectivity index (χ0n) is 18.0. The Labute approximate surface area is 177 Å². The van der Waals surface area contributed by atoms with E-state index in [9.17, 15) is 4.79 Å². The molecule has 4 heteroatoms. The predicted octanol–water partition coefficient (Wildman–Crippen LogP) is 5.86. The summed E-state index contributed by atoms with van der Waals surface area (Å²) in [5.74, 6) is 0.546. The predicted molar refractivity (Wildman–Crippen MR) is 119 cm³/mol. The van der Waals surface area contributed by atoms with Crippen LogP contribution >= 0.6 is 0 Å². The van der Waals surface area contributed by atoms with E-state index in [2.05, 4.69) is 24.3 Å². The SMILES string of the molecule is COC(=O)C(OC(C)(C)C)c1ccc2ccccc2c1-c1ccc2c(c1)CCCO2. The van der Waals surface area contributed by atoms with Crippen LogP contribution in [0.3, 0.4) is 0 Å². The highest BCUT2D eigenvalue weighted by Gasteiger charge is 2.31. The minimum Gasteiger partial charge on any atom is -0.493 e. The van der Waals surface area contributed by atoms with Crippen molar-refractivity contribution in [2.75, 3.05) is 13.7 Å². The van der Waals surface area contributed by atoms with E-state index >= 15 is 0 Å². The first-order chi connectivity index (χ1) is 14.4. The van der Waals surface area contributed by atoms with Crippen LogP contribution in [0.15, 0.2) is 54.6 Å². The van der Waals surface area contributed by atoms with Gasteiger partial charge in [0.15, 0.2) is 6.10 Å². The zero-order valence-corrected chi connectivity index (χ0v) is 18.0. The third-order valence-corrected chi connectivity index (χ3v) is 5.33. The fourth-order valence-electron chi connectivity index (χ4n) is 4.04. The van der Waals surface area contributed by atoms with Crippen molar-refractivity contribution in [3.05, 3.63) is 65.7 Å². The maximum absolute atomic E-state index is 12.8. The molecule has 1 atom stereocenters. The Balaban J connectivity index is 1.95. The monoisotopic (exact) mass is 404 g/mol. The number of hydrogen-bond donors (Lipinski definition) is 0. The minimum atomic E-state index is -0.818. The van der Waals surface area contributed by atoms with Gasteiger partial charge in [0.2, 0.25) is 0 Å². The van der Waals surface area contributed by atoms with Gasteiger partial charge in [-0.05, 0) is 73.2 Å². The van der Waals surface area contributed by atoms with E-state index < -0.39 is 17.7 Å². The van der Waals surface area contributed by atoms with Gasteiger partial charge in [0.05, 0.1) is 19.3 Å². The van der Waals surface area contributed by atoms with Crippen LogP contribution in [0.25, 0.3) is 21.9 Å². The van der Waals surface area contributed by atoms with Gasteiger partial charge in [0, 0.05) is 5.56 Å². The van der Waals surface area contributed by atoms with Gasteiger partial charge in [-0.25, -0.2) is 4.79 Å². The summed E-state index contributed by atoms with van der Waals surface area (Å²) < 4.78 is 17.1. The molecule has 0 saturated heterocycles. The van der Waals surface area contributed by atoms with Crippen LogP contribution in [0.1, 0.15) is 44.4 Å². The summed E-state index contributed by atoms with van der Waals surface area (Å²) in [6.45, 7) is 6.59. The van der Waals surface area contributed by atoms with Crippen LogP contribution in [-0.2, 0) is 20.7 Å². The van der Waals surface area contributed by atoms with Crippen LogP contribution in [0.5, 0.6) is 5.75 Å². The molecule has 1 aliphatic heterocycles. The average molecular weight is 405 g/mol. The molecule has 0 fully saturated rings. The summed E-state index contributed by atoms with van der Waals surface area (Å²) >= 11 is 0. The van der Waals surface area contributed by atoms with Gasteiger partial charge in [0.1, 0.15) is 5.75 Å². The fourth-order valence-corrected chi connectivity index (χ4v) is 4.04. The fraction of sp³-hybridized carbons (Fsp3) is 0.346. The maximum Gasteiger partial charge on any atom is 0.339 e. The molecule has 0 saturated carbocycles. The Morgan fingerprint density at radius 3 is 2.63 bits per heavy atom. The van der Waals surface area contributed by atoms with Crippen molar-refractivity contribution >= 4 is 16.7 Å². The van der Waals surface area contributed by atoms with Crippen LogP contribution in [-0.4, -0.2) is 25.3 Å². The molecule has 0 spiro atoms. The van der Waals surface area contributed by atoms with Crippen molar-refractivity contribution in [2.45, 2.75) is 45.3 Å². The third kappa shape index (κ3) is 4.05. The van der Waals surface area contributed by atoms with Crippen LogP contribution in [0.4, 0.5) is 0 Å². The van der Waals surface area contributed by atoms with Gasteiger partial charge >= 0.3 is 5.97 Å². The number of ether oxygens (including phenoxy) is 3. The van der Waals surface area contributed by atoms with Gasteiger partial charge in [-0.15, -0.1) is 0 Å². The first-order valence-corrected chi connectivity index (χ1v) is 10.4. The maximum atomic E-state index is 12.8. The van der Waals surface area contributed by atoms with Crippen molar-refractivity contribution in [1.29, 1.82) is 0 Å². The normalized spacial score (nSPS) is 14.7. The van der Waals surface area contributed by atoms with E-state index in [4.69, 9.17) is 14.2 Å². The van der Waals surface area contributed by atoms with Crippen molar-refractivity contribution in [1.82, 2.24) is 0 Å². The Bertz CT molecular complexity index is 1080. The molecule has 1 unspecified atom stereocenters. The Hall–Kier alpha value is -2.85. The van der Waals surface area contributed by atoms with E-state index in [1.54, 1.807) is 0 Å². The lowest BCUT2D eigenvalue weighted by atomic mass is 9.89. The number of rotatable bonds is 4. The van der Waals surface area contributed by atoms with Crippen molar-refractivity contribution in [3.8, 4) is 16.9 Å². The zero-order chi connectivity index (χ0) is 21.3. The highest BCUT2D eigenvalue weighted by Crippen LogP contribution is 2.40. The van der Waals surface area contributed by atoms with Crippen LogP contribution in [0.2, 0.25) is 0 Å². The standard InChI is InChI=1S/C26H28O4/c1-26(2,3)30-24(25(27)28-4)21-13-11-17-8-5-6-10-20(17)23(21)19-12-14-22-18(16-19)9-7-15-29-22/h5-6,8,10-14,16,24H,7,9,15H2,1-4H3. The Morgan fingerprint density at radius 2 is 1.87 bits per heavy atom. The molecule has 1 heterocycles.